The van der Waals surface area contributed by atoms with Gasteiger partial charge in [-0.2, -0.15) is 0 Å². The number of carbonyl (C=O) groups is 2. The second kappa shape index (κ2) is 14.8. The molecule has 0 saturated carbocycles. The van der Waals surface area contributed by atoms with Crippen molar-refractivity contribution in [2.75, 3.05) is 17.4 Å². The highest BCUT2D eigenvalue weighted by Gasteiger charge is 2.34. The van der Waals surface area contributed by atoms with Gasteiger partial charge in [0.1, 0.15) is 12.6 Å². The summed E-state index contributed by atoms with van der Waals surface area (Å²) in [4.78, 5) is 29.6. The number of sulfonamides is 1. The molecule has 224 valence electrons. The molecular formula is C34H36ClN3O4S. The van der Waals surface area contributed by atoms with E-state index in [9.17, 15) is 18.0 Å². The highest BCUT2D eigenvalue weighted by atomic mass is 35.5. The first-order valence-corrected chi connectivity index (χ1v) is 16.0. The van der Waals surface area contributed by atoms with E-state index in [0.717, 1.165) is 27.4 Å². The molecule has 0 bridgehead atoms. The molecule has 4 aromatic rings. The number of hydrogen-bond acceptors (Lipinski definition) is 4. The van der Waals surface area contributed by atoms with Crippen molar-refractivity contribution >= 4 is 39.1 Å². The third-order valence-electron chi connectivity index (χ3n) is 6.98. The average Bonchev–Trinajstić information content (AvgIpc) is 3.01. The fourth-order valence-electron chi connectivity index (χ4n) is 4.78. The molecule has 43 heavy (non-hydrogen) atoms. The molecule has 0 aliphatic carbocycles. The van der Waals surface area contributed by atoms with Gasteiger partial charge in [0.25, 0.3) is 10.0 Å². The van der Waals surface area contributed by atoms with Crippen LogP contribution in [-0.4, -0.2) is 44.3 Å². The molecule has 4 aromatic carbocycles. The van der Waals surface area contributed by atoms with Gasteiger partial charge >= 0.3 is 0 Å². The highest BCUT2D eigenvalue weighted by molar-refractivity contribution is 7.92. The van der Waals surface area contributed by atoms with Gasteiger partial charge in [0.2, 0.25) is 11.8 Å². The summed E-state index contributed by atoms with van der Waals surface area (Å²) in [6.07, 6.45) is 0.996. The van der Waals surface area contributed by atoms with Crippen molar-refractivity contribution in [2.45, 2.75) is 44.2 Å². The molecule has 0 heterocycles. The Bertz CT molecular complexity index is 1610. The molecule has 7 nitrogen and oxygen atoms in total. The van der Waals surface area contributed by atoms with E-state index in [1.807, 2.05) is 68.4 Å². The van der Waals surface area contributed by atoms with E-state index in [1.165, 1.54) is 17.0 Å². The predicted octanol–water partition coefficient (Wildman–Crippen LogP) is 6.01. The number of aryl methyl sites for hydroxylation is 1. The second-order valence-corrected chi connectivity index (χ2v) is 12.6. The molecule has 0 spiro atoms. The zero-order chi connectivity index (χ0) is 30.8. The summed E-state index contributed by atoms with van der Waals surface area (Å²) < 4.78 is 29.0. The molecule has 1 unspecified atom stereocenters. The van der Waals surface area contributed by atoms with E-state index in [2.05, 4.69) is 5.32 Å². The van der Waals surface area contributed by atoms with Gasteiger partial charge in [-0.15, -0.1) is 0 Å². The molecule has 0 aliphatic rings. The van der Waals surface area contributed by atoms with Crippen molar-refractivity contribution in [2.24, 2.45) is 0 Å². The summed E-state index contributed by atoms with van der Waals surface area (Å²) >= 11 is 6.11. The number of amides is 2. The van der Waals surface area contributed by atoms with Crippen LogP contribution < -0.4 is 9.62 Å². The number of benzene rings is 4. The molecular weight excluding hydrogens is 582 g/mol. The van der Waals surface area contributed by atoms with Gasteiger partial charge in [-0.25, -0.2) is 8.42 Å². The minimum atomic E-state index is -4.15. The van der Waals surface area contributed by atoms with E-state index < -0.39 is 28.5 Å². The molecule has 0 radical (unpaired) electrons. The molecule has 2 amide bonds. The minimum Gasteiger partial charge on any atom is -0.354 e. The maximum absolute atomic E-state index is 14.4. The Morgan fingerprint density at radius 3 is 2.09 bits per heavy atom. The van der Waals surface area contributed by atoms with Crippen LogP contribution in [0.25, 0.3) is 0 Å². The standard InChI is InChI=1S/C34H36ClN3O4S/c1-3-21-36-34(40)32(23-27-12-6-4-7-13-27)37(24-28-14-10-11-26(2)22-28)33(39)25-38(30-19-17-29(35)18-20-30)43(41,42)31-15-8-5-9-16-31/h4-20,22,32H,3,21,23-25H2,1-2H3,(H,36,40). The molecule has 0 aliphatic heterocycles. The lowest BCUT2D eigenvalue weighted by atomic mass is 10.0. The van der Waals surface area contributed by atoms with Gasteiger partial charge in [-0.1, -0.05) is 96.9 Å². The maximum atomic E-state index is 14.4. The van der Waals surface area contributed by atoms with Crippen LogP contribution in [0.5, 0.6) is 0 Å². The van der Waals surface area contributed by atoms with Gasteiger partial charge in [0, 0.05) is 24.5 Å². The van der Waals surface area contributed by atoms with Gasteiger partial charge in [-0.05, 0) is 60.9 Å². The van der Waals surface area contributed by atoms with E-state index >= 15 is 0 Å². The molecule has 1 N–H and O–H groups in total. The Labute approximate surface area is 259 Å². The van der Waals surface area contributed by atoms with Crippen molar-refractivity contribution in [3.63, 3.8) is 0 Å². The van der Waals surface area contributed by atoms with Gasteiger partial charge in [-0.3, -0.25) is 13.9 Å². The van der Waals surface area contributed by atoms with Crippen LogP contribution in [0.15, 0.2) is 114 Å². The van der Waals surface area contributed by atoms with Crippen molar-refractivity contribution in [1.29, 1.82) is 0 Å². The Morgan fingerprint density at radius 2 is 1.47 bits per heavy atom. The Hall–Kier alpha value is -4.14. The Balaban J connectivity index is 1.78. The quantitative estimate of drug-likeness (QED) is 0.199. The van der Waals surface area contributed by atoms with Crippen LogP contribution in [0.1, 0.15) is 30.0 Å². The first-order chi connectivity index (χ1) is 20.7. The fourth-order valence-corrected chi connectivity index (χ4v) is 6.34. The number of nitrogens with zero attached hydrogens (tertiary/aromatic N) is 2. The first kappa shape index (κ1) is 31.8. The summed E-state index contributed by atoms with van der Waals surface area (Å²) in [5, 5.41) is 3.39. The SMILES string of the molecule is CCCNC(=O)C(Cc1ccccc1)N(Cc1cccc(C)c1)C(=O)CN(c1ccc(Cl)cc1)S(=O)(=O)c1ccccc1. The largest absolute Gasteiger partial charge is 0.354 e. The number of hydrogen-bond donors (Lipinski definition) is 1. The number of rotatable bonds is 13. The molecule has 1 atom stereocenters. The van der Waals surface area contributed by atoms with Crippen LogP contribution in [0, 0.1) is 6.92 Å². The van der Waals surface area contributed by atoms with Crippen LogP contribution in [-0.2, 0) is 32.6 Å². The van der Waals surface area contributed by atoms with Crippen molar-refractivity contribution in [3.8, 4) is 0 Å². The summed E-state index contributed by atoms with van der Waals surface area (Å²) in [7, 11) is -4.15. The Kier molecular flexibility index (Phi) is 11.0. The van der Waals surface area contributed by atoms with E-state index in [-0.39, 0.29) is 29.5 Å². The van der Waals surface area contributed by atoms with Crippen LogP contribution in [0.4, 0.5) is 5.69 Å². The molecule has 4 rings (SSSR count). The predicted molar refractivity (Wildman–Crippen MR) is 171 cm³/mol. The lowest BCUT2D eigenvalue weighted by molar-refractivity contribution is -0.140. The zero-order valence-electron chi connectivity index (χ0n) is 24.3. The van der Waals surface area contributed by atoms with Crippen molar-refractivity contribution < 1.29 is 18.0 Å². The first-order valence-electron chi connectivity index (χ1n) is 14.2. The Morgan fingerprint density at radius 1 is 0.837 bits per heavy atom. The number of carbonyl (C=O) groups excluding carboxylic acids is 2. The van der Waals surface area contributed by atoms with Crippen LogP contribution >= 0.6 is 11.6 Å². The third kappa shape index (κ3) is 8.46. The lowest BCUT2D eigenvalue weighted by Gasteiger charge is -2.34. The summed E-state index contributed by atoms with van der Waals surface area (Å²) in [5.74, 6) is -0.806. The normalized spacial score (nSPS) is 11.9. The molecule has 0 fully saturated rings. The van der Waals surface area contributed by atoms with Gasteiger partial charge < -0.3 is 10.2 Å². The topological polar surface area (TPSA) is 86.8 Å². The molecule has 9 heteroatoms. The number of nitrogens with one attached hydrogen (secondary N) is 1. The smallest absolute Gasteiger partial charge is 0.264 e. The highest BCUT2D eigenvalue weighted by Crippen LogP contribution is 2.26. The summed E-state index contributed by atoms with van der Waals surface area (Å²) in [6, 6.07) is 30.6. The van der Waals surface area contributed by atoms with E-state index in [0.29, 0.717) is 11.6 Å². The number of halogens is 1. The van der Waals surface area contributed by atoms with Gasteiger partial charge in [0.05, 0.1) is 10.6 Å². The third-order valence-corrected chi connectivity index (χ3v) is 9.02. The molecule has 0 aromatic heterocycles. The fraction of sp³-hybridized carbons (Fsp3) is 0.235. The van der Waals surface area contributed by atoms with Crippen LogP contribution in [0.2, 0.25) is 5.02 Å². The monoisotopic (exact) mass is 617 g/mol. The van der Waals surface area contributed by atoms with Crippen LogP contribution in [0.3, 0.4) is 0 Å². The van der Waals surface area contributed by atoms with Crippen molar-refractivity contribution in [3.05, 3.63) is 131 Å². The maximum Gasteiger partial charge on any atom is 0.264 e. The second-order valence-electron chi connectivity index (χ2n) is 10.3. The van der Waals surface area contributed by atoms with E-state index in [4.69, 9.17) is 11.6 Å². The minimum absolute atomic E-state index is 0.0458. The summed E-state index contributed by atoms with van der Waals surface area (Å²) in [5.41, 5.74) is 3.01. The molecule has 0 saturated heterocycles. The van der Waals surface area contributed by atoms with Gasteiger partial charge in [0.15, 0.2) is 0 Å². The number of anilines is 1. The summed E-state index contributed by atoms with van der Waals surface area (Å²) in [6.45, 7) is 3.98. The lowest BCUT2D eigenvalue weighted by Crippen LogP contribution is -2.53. The van der Waals surface area contributed by atoms with E-state index in [1.54, 1.807) is 42.5 Å². The zero-order valence-corrected chi connectivity index (χ0v) is 25.9. The van der Waals surface area contributed by atoms with Crippen molar-refractivity contribution in [1.82, 2.24) is 10.2 Å². The average molecular weight is 618 g/mol.